The van der Waals surface area contributed by atoms with Gasteiger partial charge in [-0.05, 0) is 74.9 Å². The largest absolute Gasteiger partial charge is 0.484 e. The summed E-state index contributed by atoms with van der Waals surface area (Å²) in [6.07, 6.45) is 0. The zero-order valence-corrected chi connectivity index (χ0v) is 16.4. The van der Waals surface area contributed by atoms with Gasteiger partial charge in [0.1, 0.15) is 5.75 Å². The van der Waals surface area contributed by atoms with Crippen LogP contribution in [0.3, 0.4) is 0 Å². The van der Waals surface area contributed by atoms with Gasteiger partial charge in [0.05, 0.1) is 5.71 Å². The highest BCUT2D eigenvalue weighted by molar-refractivity contribution is 6.01. The monoisotopic (exact) mass is 382 g/mol. The summed E-state index contributed by atoms with van der Waals surface area (Å²) in [7, 11) is 0. The Balaban J connectivity index is 1.92. The first kappa shape index (κ1) is 21.0. The van der Waals surface area contributed by atoms with Crippen LogP contribution in [0.4, 0.5) is 5.69 Å². The number of ether oxygens (including phenoxy) is 1. The molecule has 0 saturated heterocycles. The molecular formula is C21H26N4O3. The van der Waals surface area contributed by atoms with Gasteiger partial charge in [-0.1, -0.05) is 0 Å². The van der Waals surface area contributed by atoms with Crippen molar-refractivity contribution in [3.63, 3.8) is 0 Å². The second-order valence-electron chi connectivity index (χ2n) is 6.14. The Bertz CT molecular complexity index is 826. The highest BCUT2D eigenvalue weighted by Gasteiger charge is 2.10. The molecule has 2 amide bonds. The van der Waals surface area contributed by atoms with Crippen LogP contribution in [0.5, 0.6) is 5.75 Å². The van der Waals surface area contributed by atoms with E-state index < -0.39 is 0 Å². The number of nitrogens with two attached hydrogens (primary N) is 1. The number of hydrogen-bond acceptors (Lipinski definition) is 5. The zero-order valence-electron chi connectivity index (χ0n) is 16.4. The van der Waals surface area contributed by atoms with Gasteiger partial charge in [0.25, 0.3) is 11.8 Å². The minimum Gasteiger partial charge on any atom is -0.484 e. The van der Waals surface area contributed by atoms with E-state index in [9.17, 15) is 9.59 Å². The van der Waals surface area contributed by atoms with Crippen LogP contribution in [0.2, 0.25) is 0 Å². The van der Waals surface area contributed by atoms with E-state index >= 15 is 0 Å². The molecule has 0 fully saturated rings. The summed E-state index contributed by atoms with van der Waals surface area (Å²) in [4.78, 5) is 25.8. The number of nitrogen functional groups attached to an aromatic ring is 1. The molecule has 2 aromatic rings. The molecular weight excluding hydrogens is 356 g/mol. The Kier molecular flexibility index (Phi) is 7.56. The van der Waals surface area contributed by atoms with Gasteiger partial charge < -0.3 is 15.4 Å². The van der Waals surface area contributed by atoms with E-state index in [0.29, 0.717) is 35.8 Å². The minimum absolute atomic E-state index is 0.00570. The van der Waals surface area contributed by atoms with Gasteiger partial charge in [0.15, 0.2) is 6.61 Å². The second-order valence-corrected chi connectivity index (χ2v) is 6.14. The lowest BCUT2D eigenvalue weighted by molar-refractivity contribution is -0.132. The van der Waals surface area contributed by atoms with E-state index in [1.807, 2.05) is 26.0 Å². The molecule has 0 unspecified atom stereocenters. The molecule has 7 nitrogen and oxygen atoms in total. The first-order valence-electron chi connectivity index (χ1n) is 9.15. The Labute approximate surface area is 165 Å². The molecule has 0 spiro atoms. The number of hydrazone groups is 1. The van der Waals surface area contributed by atoms with Gasteiger partial charge in [-0.25, -0.2) is 5.43 Å². The number of amides is 2. The summed E-state index contributed by atoms with van der Waals surface area (Å²) in [6.45, 7) is 6.99. The normalized spacial score (nSPS) is 11.0. The molecule has 3 N–H and O–H groups in total. The smallest absolute Gasteiger partial charge is 0.271 e. The van der Waals surface area contributed by atoms with Crippen LogP contribution in [-0.4, -0.2) is 42.1 Å². The standard InChI is InChI=1S/C21H26N4O3/c1-4-25(5-2)20(26)14-28-19-12-8-16(9-13-19)15(3)23-24-21(27)17-6-10-18(22)11-7-17/h6-13H,4-5,14,22H2,1-3H3,(H,24,27)/b23-15-. The molecule has 0 aliphatic heterocycles. The molecule has 0 radical (unpaired) electrons. The highest BCUT2D eigenvalue weighted by Crippen LogP contribution is 2.13. The SMILES string of the molecule is CCN(CC)C(=O)COc1ccc(/C(C)=N\NC(=O)c2ccc(N)cc2)cc1. The van der Waals surface area contributed by atoms with Crippen molar-refractivity contribution in [2.24, 2.45) is 5.10 Å². The number of likely N-dealkylation sites (N-methyl/N-ethyl adjacent to an activating group) is 1. The summed E-state index contributed by atoms with van der Waals surface area (Å²) in [6, 6.07) is 13.8. The first-order valence-corrected chi connectivity index (χ1v) is 9.15. The summed E-state index contributed by atoms with van der Waals surface area (Å²) in [5.74, 6) is 0.245. The number of anilines is 1. The van der Waals surface area contributed by atoms with Crippen LogP contribution in [0.15, 0.2) is 53.6 Å². The maximum absolute atomic E-state index is 12.1. The fourth-order valence-corrected chi connectivity index (χ4v) is 2.50. The third-order valence-electron chi connectivity index (χ3n) is 4.25. The van der Waals surface area contributed by atoms with Crippen LogP contribution in [-0.2, 0) is 4.79 Å². The maximum atomic E-state index is 12.1. The maximum Gasteiger partial charge on any atom is 0.271 e. The number of benzene rings is 2. The van der Waals surface area contributed by atoms with E-state index in [4.69, 9.17) is 10.5 Å². The molecule has 0 saturated carbocycles. The molecule has 2 rings (SSSR count). The zero-order chi connectivity index (χ0) is 20.5. The van der Waals surface area contributed by atoms with Crippen LogP contribution in [0, 0.1) is 0 Å². The van der Waals surface area contributed by atoms with Crippen LogP contribution >= 0.6 is 0 Å². The Morgan fingerprint density at radius 1 is 1.00 bits per heavy atom. The van der Waals surface area contributed by atoms with Gasteiger partial charge in [0, 0.05) is 24.3 Å². The molecule has 0 aliphatic rings. The minimum atomic E-state index is -0.311. The molecule has 0 bridgehead atoms. The summed E-state index contributed by atoms with van der Waals surface area (Å²) in [5.41, 5.74) is 10.7. The van der Waals surface area contributed by atoms with E-state index in [0.717, 1.165) is 5.56 Å². The third kappa shape index (κ3) is 5.84. The molecule has 7 heteroatoms. The first-order chi connectivity index (χ1) is 13.4. The number of carbonyl (C=O) groups is 2. The summed E-state index contributed by atoms with van der Waals surface area (Å²) < 4.78 is 5.54. The Morgan fingerprint density at radius 3 is 2.14 bits per heavy atom. The predicted octanol–water partition coefficient (Wildman–Crippen LogP) is 2.67. The average molecular weight is 382 g/mol. The van der Waals surface area contributed by atoms with Gasteiger partial charge >= 0.3 is 0 Å². The number of rotatable bonds is 8. The fraction of sp³-hybridized carbons (Fsp3) is 0.286. The number of nitrogens with zero attached hydrogens (tertiary/aromatic N) is 2. The van der Waals surface area contributed by atoms with Crippen molar-refractivity contribution in [2.75, 3.05) is 25.4 Å². The van der Waals surface area contributed by atoms with Crippen molar-refractivity contribution in [2.45, 2.75) is 20.8 Å². The molecule has 0 aromatic heterocycles. The second kappa shape index (κ2) is 10.1. The van der Waals surface area contributed by atoms with E-state index in [2.05, 4.69) is 10.5 Å². The van der Waals surface area contributed by atoms with Crippen molar-refractivity contribution in [3.8, 4) is 5.75 Å². The van der Waals surface area contributed by atoms with Crippen molar-refractivity contribution >= 4 is 23.2 Å². The van der Waals surface area contributed by atoms with Gasteiger partial charge in [0.2, 0.25) is 0 Å². The quantitative estimate of drug-likeness (QED) is 0.417. The lowest BCUT2D eigenvalue weighted by Crippen LogP contribution is -2.34. The summed E-state index contributed by atoms with van der Waals surface area (Å²) in [5, 5.41) is 4.13. The highest BCUT2D eigenvalue weighted by atomic mass is 16.5. The van der Waals surface area contributed by atoms with Crippen molar-refractivity contribution in [1.82, 2.24) is 10.3 Å². The van der Waals surface area contributed by atoms with Crippen molar-refractivity contribution < 1.29 is 14.3 Å². The third-order valence-corrected chi connectivity index (χ3v) is 4.25. The summed E-state index contributed by atoms with van der Waals surface area (Å²) >= 11 is 0. The lowest BCUT2D eigenvalue weighted by atomic mass is 10.1. The predicted molar refractivity (Wildman–Crippen MR) is 110 cm³/mol. The van der Waals surface area contributed by atoms with Gasteiger partial charge in [-0.2, -0.15) is 5.10 Å². The molecule has 2 aromatic carbocycles. The van der Waals surface area contributed by atoms with Crippen LogP contribution in [0.25, 0.3) is 0 Å². The Morgan fingerprint density at radius 2 is 1.57 bits per heavy atom. The average Bonchev–Trinajstić information content (AvgIpc) is 2.72. The molecule has 0 heterocycles. The molecule has 148 valence electrons. The van der Waals surface area contributed by atoms with Crippen LogP contribution < -0.4 is 15.9 Å². The van der Waals surface area contributed by atoms with Crippen molar-refractivity contribution in [3.05, 3.63) is 59.7 Å². The lowest BCUT2D eigenvalue weighted by Gasteiger charge is -2.18. The molecule has 0 aliphatic carbocycles. The van der Waals surface area contributed by atoms with Gasteiger partial charge in [-0.15, -0.1) is 0 Å². The number of hydrogen-bond donors (Lipinski definition) is 2. The number of nitrogens with one attached hydrogen (secondary N) is 1. The molecule has 28 heavy (non-hydrogen) atoms. The Hall–Kier alpha value is -3.35. The molecule has 0 atom stereocenters. The van der Waals surface area contributed by atoms with Gasteiger partial charge in [-0.3, -0.25) is 9.59 Å². The van der Waals surface area contributed by atoms with Crippen LogP contribution in [0.1, 0.15) is 36.7 Å². The number of carbonyl (C=O) groups excluding carboxylic acids is 2. The van der Waals surface area contributed by atoms with E-state index in [-0.39, 0.29) is 18.4 Å². The fourth-order valence-electron chi connectivity index (χ4n) is 2.50. The van der Waals surface area contributed by atoms with Crippen molar-refractivity contribution in [1.29, 1.82) is 0 Å². The topological polar surface area (TPSA) is 97.0 Å². The van der Waals surface area contributed by atoms with E-state index in [1.54, 1.807) is 48.2 Å². The van der Waals surface area contributed by atoms with E-state index in [1.165, 1.54) is 0 Å².